The minimum Gasteiger partial charge on any atom is -0.454 e. The molecular weight excluding hydrogens is 410 g/mol. The number of nitrogens with zero attached hydrogens (tertiary/aromatic N) is 2. The molecule has 3 aliphatic rings. The summed E-state index contributed by atoms with van der Waals surface area (Å²) in [6, 6.07) is 12.2. The topological polar surface area (TPSA) is 88.2 Å². The molecule has 8 heteroatoms. The van der Waals surface area contributed by atoms with Crippen LogP contribution in [0.25, 0.3) is 0 Å². The maximum absolute atomic E-state index is 13.1. The highest BCUT2D eigenvalue weighted by atomic mass is 16.7. The fourth-order valence-electron chi connectivity index (χ4n) is 4.34. The molecule has 1 atom stereocenters. The van der Waals surface area contributed by atoms with Crippen LogP contribution in [0.4, 0.5) is 0 Å². The molecule has 1 saturated carbocycles. The third-order valence-corrected chi connectivity index (χ3v) is 6.15. The zero-order valence-electron chi connectivity index (χ0n) is 17.9. The lowest BCUT2D eigenvalue weighted by molar-refractivity contribution is -0.134. The number of rotatable bonds is 7. The van der Waals surface area contributed by atoms with Crippen molar-refractivity contribution in [3.63, 3.8) is 0 Å². The van der Waals surface area contributed by atoms with Crippen molar-refractivity contribution in [2.45, 2.75) is 38.4 Å². The van der Waals surface area contributed by atoms with E-state index in [2.05, 4.69) is 5.32 Å². The molecule has 2 aromatic carbocycles. The van der Waals surface area contributed by atoms with Crippen molar-refractivity contribution in [2.75, 3.05) is 19.9 Å². The van der Waals surface area contributed by atoms with Gasteiger partial charge in [-0.1, -0.05) is 24.3 Å². The van der Waals surface area contributed by atoms with E-state index in [0.717, 1.165) is 18.4 Å². The van der Waals surface area contributed by atoms with Crippen LogP contribution in [-0.2, 0) is 16.1 Å². The van der Waals surface area contributed by atoms with Crippen LogP contribution in [0.2, 0.25) is 0 Å². The van der Waals surface area contributed by atoms with E-state index in [4.69, 9.17) is 9.47 Å². The predicted octanol–water partition coefficient (Wildman–Crippen LogP) is 2.24. The number of nitrogens with one attached hydrogen (secondary N) is 1. The Hall–Kier alpha value is -3.55. The largest absolute Gasteiger partial charge is 0.454 e. The molecule has 2 heterocycles. The van der Waals surface area contributed by atoms with Crippen LogP contribution in [-0.4, -0.2) is 53.4 Å². The van der Waals surface area contributed by atoms with Crippen molar-refractivity contribution >= 4 is 17.7 Å². The molecule has 1 unspecified atom stereocenters. The summed E-state index contributed by atoms with van der Waals surface area (Å²) in [6.45, 7) is 2.88. The van der Waals surface area contributed by atoms with Crippen molar-refractivity contribution in [2.24, 2.45) is 0 Å². The number of ether oxygens (including phenoxy) is 2. The van der Waals surface area contributed by atoms with E-state index >= 15 is 0 Å². The molecule has 5 rings (SSSR count). The quantitative estimate of drug-likeness (QED) is 0.721. The van der Waals surface area contributed by atoms with Gasteiger partial charge in [-0.3, -0.25) is 14.4 Å². The minimum absolute atomic E-state index is 0.0968. The first-order chi connectivity index (χ1) is 15.6. The molecule has 1 fully saturated rings. The molecule has 166 valence electrons. The van der Waals surface area contributed by atoms with E-state index in [1.165, 1.54) is 0 Å². The van der Waals surface area contributed by atoms with Gasteiger partial charge < -0.3 is 24.6 Å². The van der Waals surface area contributed by atoms with Gasteiger partial charge in [0, 0.05) is 24.7 Å². The van der Waals surface area contributed by atoms with Gasteiger partial charge in [-0.25, -0.2) is 0 Å². The Morgan fingerprint density at radius 3 is 2.69 bits per heavy atom. The number of hydrogen-bond acceptors (Lipinski definition) is 5. The van der Waals surface area contributed by atoms with E-state index < -0.39 is 6.04 Å². The molecule has 2 aromatic rings. The lowest BCUT2D eigenvalue weighted by Gasteiger charge is -2.25. The lowest BCUT2D eigenvalue weighted by atomic mass is 10.0. The van der Waals surface area contributed by atoms with Crippen LogP contribution < -0.4 is 14.8 Å². The second-order valence-corrected chi connectivity index (χ2v) is 8.25. The van der Waals surface area contributed by atoms with Crippen molar-refractivity contribution in [1.29, 1.82) is 0 Å². The molecule has 0 bridgehead atoms. The van der Waals surface area contributed by atoms with E-state index in [9.17, 15) is 14.4 Å². The first-order valence-electron chi connectivity index (χ1n) is 10.9. The summed E-state index contributed by atoms with van der Waals surface area (Å²) in [4.78, 5) is 42.1. The van der Waals surface area contributed by atoms with E-state index in [0.29, 0.717) is 35.7 Å². The summed E-state index contributed by atoms with van der Waals surface area (Å²) in [5, 5.41) is 2.77. The molecule has 32 heavy (non-hydrogen) atoms. The number of hydrogen-bond donors (Lipinski definition) is 1. The van der Waals surface area contributed by atoms with Crippen LogP contribution in [0.15, 0.2) is 42.5 Å². The summed E-state index contributed by atoms with van der Waals surface area (Å²) in [5.74, 6) is 0.760. The number of carbonyl (C=O) groups is 3. The maximum atomic E-state index is 13.1. The van der Waals surface area contributed by atoms with Gasteiger partial charge in [0.2, 0.25) is 18.6 Å². The first kappa shape index (κ1) is 20.4. The van der Waals surface area contributed by atoms with E-state index in [1.807, 2.05) is 37.3 Å². The summed E-state index contributed by atoms with van der Waals surface area (Å²) in [5.41, 5.74) is 2.21. The maximum Gasteiger partial charge on any atom is 0.255 e. The van der Waals surface area contributed by atoms with Crippen molar-refractivity contribution in [3.05, 3.63) is 59.2 Å². The van der Waals surface area contributed by atoms with Crippen molar-refractivity contribution < 1.29 is 23.9 Å². The summed E-state index contributed by atoms with van der Waals surface area (Å²) < 4.78 is 10.7. The molecular formula is C24H25N3O5. The molecule has 0 aromatic heterocycles. The molecule has 1 aliphatic carbocycles. The zero-order valence-corrected chi connectivity index (χ0v) is 17.9. The molecule has 8 nitrogen and oxygen atoms in total. The summed E-state index contributed by atoms with van der Waals surface area (Å²) >= 11 is 0. The Balaban J connectivity index is 1.24. The molecule has 0 radical (unpaired) electrons. The third-order valence-electron chi connectivity index (χ3n) is 6.15. The Labute approximate surface area is 186 Å². The Kier molecular flexibility index (Phi) is 5.20. The number of likely N-dealkylation sites (N-methyl/N-ethyl adjacent to an activating group) is 1. The molecule has 0 spiro atoms. The smallest absolute Gasteiger partial charge is 0.255 e. The van der Waals surface area contributed by atoms with Crippen LogP contribution in [0.3, 0.4) is 0 Å². The highest BCUT2D eigenvalue weighted by Gasteiger charge is 2.47. The second-order valence-electron chi connectivity index (χ2n) is 8.25. The van der Waals surface area contributed by atoms with Crippen LogP contribution in [0.1, 0.15) is 47.3 Å². The first-order valence-corrected chi connectivity index (χ1v) is 10.9. The number of carbonyl (C=O) groups excluding carboxylic acids is 3. The van der Waals surface area contributed by atoms with Gasteiger partial charge in [0.15, 0.2) is 11.5 Å². The van der Waals surface area contributed by atoms with Crippen LogP contribution in [0, 0.1) is 0 Å². The fraction of sp³-hybridized carbons (Fsp3) is 0.375. The summed E-state index contributed by atoms with van der Waals surface area (Å²) in [6.07, 6.45) is 1.81. The Morgan fingerprint density at radius 1 is 1.12 bits per heavy atom. The molecule has 1 N–H and O–H groups in total. The highest BCUT2D eigenvalue weighted by Crippen LogP contribution is 2.41. The fourth-order valence-corrected chi connectivity index (χ4v) is 4.34. The SMILES string of the molecule is CCN(Cc1ccc2c(c1)OCO2)C(=O)CNC(=O)C1c2ccccc2C(=O)N1C1CC1. The Bertz CT molecular complexity index is 1080. The number of amides is 3. The molecule has 2 aliphatic heterocycles. The average molecular weight is 435 g/mol. The van der Waals surface area contributed by atoms with E-state index in [-0.39, 0.29) is 37.1 Å². The van der Waals surface area contributed by atoms with Crippen LogP contribution >= 0.6 is 0 Å². The third kappa shape index (κ3) is 3.66. The monoisotopic (exact) mass is 435 g/mol. The standard InChI is InChI=1S/C24H25N3O5/c1-2-26(13-15-7-10-19-20(11-15)32-14-31-19)21(28)12-25-23(29)22-17-5-3-4-6-18(17)24(30)27(22)16-8-9-16/h3-7,10-11,16,22H,2,8-9,12-14H2,1H3,(H,25,29). The Morgan fingerprint density at radius 2 is 1.91 bits per heavy atom. The normalized spacial score (nSPS) is 18.5. The highest BCUT2D eigenvalue weighted by molar-refractivity contribution is 6.05. The number of fused-ring (bicyclic) bond motifs is 2. The molecule has 3 amide bonds. The lowest BCUT2D eigenvalue weighted by Crippen LogP contribution is -2.44. The van der Waals surface area contributed by atoms with Crippen LogP contribution in [0.5, 0.6) is 11.5 Å². The number of benzene rings is 2. The predicted molar refractivity (Wildman–Crippen MR) is 115 cm³/mol. The van der Waals surface area contributed by atoms with Gasteiger partial charge in [-0.2, -0.15) is 0 Å². The van der Waals surface area contributed by atoms with E-state index in [1.54, 1.807) is 21.9 Å². The van der Waals surface area contributed by atoms with Crippen molar-refractivity contribution in [1.82, 2.24) is 15.1 Å². The molecule has 0 saturated heterocycles. The van der Waals surface area contributed by atoms with Gasteiger partial charge in [-0.15, -0.1) is 0 Å². The minimum atomic E-state index is -0.678. The summed E-state index contributed by atoms with van der Waals surface area (Å²) in [7, 11) is 0. The van der Waals surface area contributed by atoms with Gasteiger partial charge in [0.25, 0.3) is 5.91 Å². The second kappa shape index (κ2) is 8.18. The van der Waals surface area contributed by atoms with Crippen molar-refractivity contribution in [3.8, 4) is 11.5 Å². The van der Waals surface area contributed by atoms with Gasteiger partial charge in [0.1, 0.15) is 6.04 Å². The van der Waals surface area contributed by atoms with Gasteiger partial charge in [0.05, 0.1) is 6.54 Å². The van der Waals surface area contributed by atoms with Gasteiger partial charge >= 0.3 is 0 Å². The van der Waals surface area contributed by atoms with Gasteiger partial charge in [-0.05, 0) is 49.1 Å². The average Bonchev–Trinajstić information content (AvgIpc) is 3.46. The zero-order chi connectivity index (χ0) is 22.2.